The average Bonchev–Trinajstić information content (AvgIpc) is 2.82. The van der Waals surface area contributed by atoms with Crippen LogP contribution in [0.25, 0.3) is 17.0 Å². The molecule has 0 aliphatic carbocycles. The SMILES string of the molecule is CCc1cc(CCCS(=O)(=O)O)cc2[o+]c(C(C)(C)C)c(N)c(C=CC=CNc3ccccc3)c12.F[B-](F)(F)F. The molecule has 0 unspecified atom stereocenters. The minimum absolute atomic E-state index is 0.268. The smallest absolute Gasteiger partial charge is 0.418 e. The van der Waals surface area contributed by atoms with Crippen LogP contribution in [0.4, 0.5) is 28.6 Å². The summed E-state index contributed by atoms with van der Waals surface area (Å²) in [5.41, 5.74) is 11.6. The van der Waals surface area contributed by atoms with Crippen molar-refractivity contribution in [2.24, 2.45) is 0 Å². The molecule has 3 aromatic rings. The summed E-state index contributed by atoms with van der Waals surface area (Å²) in [6.07, 6.45) is 9.37. The van der Waals surface area contributed by atoms with Crippen molar-refractivity contribution < 1.29 is 34.7 Å². The third kappa shape index (κ3) is 11.0. The first-order valence-corrected chi connectivity index (χ1v) is 14.3. The molecule has 0 spiro atoms. The van der Waals surface area contributed by atoms with E-state index in [-0.39, 0.29) is 11.2 Å². The van der Waals surface area contributed by atoms with Crippen molar-refractivity contribution in [1.82, 2.24) is 0 Å². The Morgan fingerprint density at radius 3 is 2.25 bits per heavy atom. The molecule has 218 valence electrons. The van der Waals surface area contributed by atoms with Gasteiger partial charge in [0.05, 0.1) is 16.6 Å². The Labute approximate surface area is 232 Å². The molecule has 0 radical (unpaired) electrons. The number of benzene rings is 2. The molecule has 0 aliphatic heterocycles. The summed E-state index contributed by atoms with van der Waals surface area (Å²) >= 11 is 0. The van der Waals surface area contributed by atoms with Gasteiger partial charge in [-0.3, -0.25) is 4.55 Å². The van der Waals surface area contributed by atoms with Crippen molar-refractivity contribution in [1.29, 1.82) is 0 Å². The van der Waals surface area contributed by atoms with Crippen molar-refractivity contribution in [2.75, 3.05) is 16.8 Å². The molecule has 0 atom stereocenters. The number of nitrogens with one attached hydrogen (secondary N) is 1. The van der Waals surface area contributed by atoms with E-state index in [1.54, 1.807) is 0 Å². The van der Waals surface area contributed by atoms with E-state index in [0.717, 1.165) is 39.8 Å². The second kappa shape index (κ2) is 13.8. The molecule has 1 heterocycles. The number of allylic oxidation sites excluding steroid dienone is 2. The van der Waals surface area contributed by atoms with Crippen LogP contribution in [0, 0.1) is 0 Å². The molecule has 0 bridgehead atoms. The number of nitrogens with two attached hydrogens (primary N) is 1. The van der Waals surface area contributed by atoms with Crippen molar-refractivity contribution in [3.63, 3.8) is 0 Å². The van der Waals surface area contributed by atoms with Gasteiger partial charge in [-0.25, -0.2) is 4.42 Å². The molecule has 2 aromatic carbocycles. The highest BCUT2D eigenvalue weighted by Gasteiger charge is 2.34. The van der Waals surface area contributed by atoms with Crippen LogP contribution in [0.2, 0.25) is 0 Å². The zero-order chi connectivity index (χ0) is 30.1. The van der Waals surface area contributed by atoms with Crippen LogP contribution >= 0.6 is 0 Å². The fourth-order valence-corrected chi connectivity index (χ4v) is 4.55. The van der Waals surface area contributed by atoms with E-state index in [4.69, 9.17) is 14.7 Å². The number of fused-ring (bicyclic) bond motifs is 1. The van der Waals surface area contributed by atoms with Gasteiger partial charge in [0.25, 0.3) is 10.1 Å². The average molecular weight is 582 g/mol. The normalized spacial score (nSPS) is 12.6. The van der Waals surface area contributed by atoms with Gasteiger partial charge in [0.15, 0.2) is 0 Å². The number of para-hydroxylation sites is 1. The Kier molecular flexibility index (Phi) is 11.3. The van der Waals surface area contributed by atoms with Gasteiger partial charge in [0.1, 0.15) is 5.69 Å². The maximum Gasteiger partial charge on any atom is 0.673 e. The lowest BCUT2D eigenvalue weighted by molar-refractivity contribution is 0.368. The van der Waals surface area contributed by atoms with Crippen LogP contribution in [-0.2, 0) is 28.4 Å². The van der Waals surface area contributed by atoms with Crippen LogP contribution in [0.15, 0.2) is 65.2 Å². The maximum atomic E-state index is 11.1. The van der Waals surface area contributed by atoms with E-state index < -0.39 is 17.4 Å². The van der Waals surface area contributed by atoms with Gasteiger partial charge in [0.2, 0.25) is 0 Å². The second-order valence-electron chi connectivity index (χ2n) is 10.1. The second-order valence-corrected chi connectivity index (χ2v) is 11.7. The molecule has 0 saturated heterocycles. The zero-order valence-corrected chi connectivity index (χ0v) is 23.7. The first kappa shape index (κ1) is 32.8. The van der Waals surface area contributed by atoms with Gasteiger partial charge >= 0.3 is 18.6 Å². The third-order valence-electron chi connectivity index (χ3n) is 5.68. The van der Waals surface area contributed by atoms with E-state index >= 15 is 0 Å². The summed E-state index contributed by atoms with van der Waals surface area (Å²) in [6.45, 7) is 8.24. The fraction of sp³-hybridized carbons (Fsp3) is 0.321. The summed E-state index contributed by atoms with van der Waals surface area (Å²) in [4.78, 5) is 0. The standard InChI is InChI=1S/C28H34N2O4S.BF4/c1-5-21-18-20(12-11-17-35(31,32)33)19-24-25(21)23(26(29)27(34-24)28(2,3)4)15-9-10-16-30-22-13-7-6-8-14-22;2-1(3,4)5/h6-10,13-16,18-19,30H,5,11-12,17,29H2,1-4H3;/q;-1/p+1. The highest BCUT2D eigenvalue weighted by atomic mass is 32.2. The molecule has 0 amide bonds. The Balaban J connectivity index is 0.00000103. The number of hydrogen-bond acceptors (Lipinski definition) is 4. The predicted octanol–water partition coefficient (Wildman–Crippen LogP) is 7.92. The Morgan fingerprint density at radius 1 is 1.07 bits per heavy atom. The molecule has 0 aliphatic rings. The van der Waals surface area contributed by atoms with Gasteiger partial charge in [-0.05, 0) is 69.4 Å². The molecule has 0 fully saturated rings. The summed E-state index contributed by atoms with van der Waals surface area (Å²) in [7, 11) is -9.98. The maximum absolute atomic E-state index is 11.1. The van der Waals surface area contributed by atoms with Gasteiger partial charge in [-0.15, -0.1) is 0 Å². The third-order valence-corrected chi connectivity index (χ3v) is 6.49. The molecule has 3 rings (SSSR count). The molecule has 40 heavy (non-hydrogen) atoms. The van der Waals surface area contributed by atoms with E-state index in [1.807, 2.05) is 60.8 Å². The first-order valence-electron chi connectivity index (χ1n) is 12.7. The topological polar surface area (TPSA) is 104 Å². The van der Waals surface area contributed by atoms with Crippen molar-refractivity contribution in [3.8, 4) is 0 Å². The lowest BCUT2D eigenvalue weighted by atomic mass is 9.88. The Morgan fingerprint density at radius 2 is 1.70 bits per heavy atom. The number of nitrogen functional groups attached to an aromatic ring is 1. The highest BCUT2D eigenvalue weighted by molar-refractivity contribution is 7.85. The Hall–Kier alpha value is -3.38. The molecule has 6 nitrogen and oxygen atoms in total. The molecular formula is C28H35BF4N2O4S. The number of hydrogen-bond donors (Lipinski definition) is 3. The molecule has 1 aromatic heterocycles. The van der Waals surface area contributed by atoms with Gasteiger partial charge in [-0.1, -0.05) is 43.3 Å². The lowest BCUT2D eigenvalue weighted by Gasteiger charge is -2.15. The van der Waals surface area contributed by atoms with Crippen molar-refractivity contribution in [3.05, 3.63) is 83.3 Å². The van der Waals surface area contributed by atoms with Crippen LogP contribution < -0.4 is 11.1 Å². The first-order chi connectivity index (χ1) is 18.5. The monoisotopic (exact) mass is 582 g/mol. The van der Waals surface area contributed by atoms with E-state index in [1.165, 1.54) is 0 Å². The zero-order valence-electron chi connectivity index (χ0n) is 22.9. The Bertz CT molecular complexity index is 1450. The fourth-order valence-electron chi connectivity index (χ4n) is 4.04. The number of aryl methyl sites for hydroxylation is 2. The number of rotatable bonds is 9. The van der Waals surface area contributed by atoms with E-state index in [2.05, 4.69) is 39.1 Å². The van der Waals surface area contributed by atoms with Crippen LogP contribution in [-0.4, -0.2) is 26.0 Å². The summed E-state index contributed by atoms with van der Waals surface area (Å²) in [6, 6.07) is 13.9. The molecule has 4 N–H and O–H groups in total. The van der Waals surface area contributed by atoms with E-state index in [9.17, 15) is 25.7 Å². The summed E-state index contributed by atoms with van der Waals surface area (Å²) < 4.78 is 76.7. The minimum Gasteiger partial charge on any atom is -0.418 e. The van der Waals surface area contributed by atoms with Crippen LogP contribution in [0.3, 0.4) is 0 Å². The predicted molar refractivity (Wildman–Crippen MR) is 156 cm³/mol. The van der Waals surface area contributed by atoms with Gasteiger partial charge in [0, 0.05) is 23.5 Å². The minimum atomic E-state index is -6.00. The summed E-state index contributed by atoms with van der Waals surface area (Å²) in [5, 5.41) is 4.19. The van der Waals surface area contributed by atoms with Gasteiger partial charge < -0.3 is 28.3 Å². The molecular weight excluding hydrogens is 547 g/mol. The summed E-state index contributed by atoms with van der Waals surface area (Å²) in [5.74, 6) is 0.434. The van der Waals surface area contributed by atoms with Crippen molar-refractivity contribution >= 4 is 45.8 Å². The lowest BCUT2D eigenvalue weighted by Crippen LogP contribution is -2.15. The van der Waals surface area contributed by atoms with Gasteiger partial charge in [-0.2, -0.15) is 8.42 Å². The quantitative estimate of drug-likeness (QED) is 0.0779. The van der Waals surface area contributed by atoms with Crippen molar-refractivity contribution in [2.45, 2.75) is 52.4 Å². The largest absolute Gasteiger partial charge is 0.673 e. The van der Waals surface area contributed by atoms with Crippen LogP contribution in [0.1, 0.15) is 56.6 Å². The number of halogens is 4. The molecule has 0 saturated carbocycles. The molecule has 12 heteroatoms. The highest BCUT2D eigenvalue weighted by Crippen LogP contribution is 2.38. The van der Waals surface area contributed by atoms with E-state index in [0.29, 0.717) is 24.3 Å². The number of anilines is 2. The van der Waals surface area contributed by atoms with Crippen LogP contribution in [0.5, 0.6) is 0 Å².